The number of fused-ring (bicyclic) bond motifs is 3. The number of aromatic nitrogens is 2. The van der Waals surface area contributed by atoms with E-state index in [1.165, 1.54) is 10.4 Å². The lowest BCUT2D eigenvalue weighted by Gasteiger charge is -2.33. The SMILES string of the molecule is CCCCSc1nc2sc3c(c2c(=O)n1-c1ccccc1)CCC(C(C)(C)C)C3. The van der Waals surface area contributed by atoms with Crippen LogP contribution in [0.15, 0.2) is 40.3 Å². The van der Waals surface area contributed by atoms with Gasteiger partial charge in [0.1, 0.15) is 4.83 Å². The molecule has 0 bridgehead atoms. The highest BCUT2D eigenvalue weighted by atomic mass is 32.2. The van der Waals surface area contributed by atoms with Crippen LogP contribution in [-0.4, -0.2) is 15.3 Å². The smallest absolute Gasteiger partial charge is 0.267 e. The first-order valence-electron chi connectivity index (χ1n) is 10.7. The molecule has 0 saturated heterocycles. The van der Waals surface area contributed by atoms with Crippen LogP contribution in [0, 0.1) is 11.3 Å². The summed E-state index contributed by atoms with van der Waals surface area (Å²) in [5, 5.41) is 1.69. The highest BCUT2D eigenvalue weighted by molar-refractivity contribution is 7.99. The van der Waals surface area contributed by atoms with Gasteiger partial charge in [0.15, 0.2) is 5.16 Å². The molecule has 0 fully saturated rings. The normalized spacial score (nSPS) is 16.9. The van der Waals surface area contributed by atoms with E-state index in [-0.39, 0.29) is 5.56 Å². The first-order valence-corrected chi connectivity index (χ1v) is 12.5. The molecule has 0 saturated carbocycles. The lowest BCUT2D eigenvalue weighted by molar-refractivity contribution is 0.218. The largest absolute Gasteiger partial charge is 0.268 e. The van der Waals surface area contributed by atoms with Gasteiger partial charge in [0.2, 0.25) is 0 Å². The van der Waals surface area contributed by atoms with Crippen molar-refractivity contribution in [3.8, 4) is 5.69 Å². The van der Waals surface area contributed by atoms with Crippen molar-refractivity contribution in [1.82, 2.24) is 9.55 Å². The molecule has 1 unspecified atom stereocenters. The monoisotopic (exact) mass is 426 g/mol. The first kappa shape index (κ1) is 20.7. The van der Waals surface area contributed by atoms with E-state index < -0.39 is 0 Å². The lowest BCUT2D eigenvalue weighted by atomic mass is 9.72. The minimum atomic E-state index is 0.104. The molecule has 0 aliphatic heterocycles. The molecule has 0 radical (unpaired) electrons. The summed E-state index contributed by atoms with van der Waals surface area (Å²) in [6.45, 7) is 9.19. The fourth-order valence-corrected chi connectivity index (χ4v) is 6.59. The van der Waals surface area contributed by atoms with E-state index in [9.17, 15) is 4.79 Å². The Morgan fingerprint density at radius 1 is 1.24 bits per heavy atom. The van der Waals surface area contributed by atoms with Gasteiger partial charge in [0.05, 0.1) is 11.1 Å². The molecule has 1 aliphatic rings. The average Bonchev–Trinajstić information content (AvgIpc) is 3.06. The van der Waals surface area contributed by atoms with E-state index in [1.54, 1.807) is 23.1 Å². The quantitative estimate of drug-likeness (QED) is 0.266. The summed E-state index contributed by atoms with van der Waals surface area (Å²) in [6, 6.07) is 9.98. The fraction of sp³-hybridized carbons (Fsp3) is 0.500. The summed E-state index contributed by atoms with van der Waals surface area (Å²) < 4.78 is 1.84. The van der Waals surface area contributed by atoms with Gasteiger partial charge in [-0.3, -0.25) is 9.36 Å². The van der Waals surface area contributed by atoms with Crippen LogP contribution < -0.4 is 5.56 Å². The highest BCUT2D eigenvalue weighted by Gasteiger charge is 2.32. The molecule has 2 aromatic heterocycles. The molecular formula is C24H30N2OS2. The van der Waals surface area contributed by atoms with Gasteiger partial charge in [-0.15, -0.1) is 11.3 Å². The van der Waals surface area contributed by atoms with Gasteiger partial charge in [-0.25, -0.2) is 4.98 Å². The molecule has 3 aromatic rings. The Labute approximate surface area is 181 Å². The zero-order chi connectivity index (χ0) is 20.6. The summed E-state index contributed by atoms with van der Waals surface area (Å²) in [6.07, 6.45) is 5.49. The molecule has 29 heavy (non-hydrogen) atoms. The number of thioether (sulfide) groups is 1. The van der Waals surface area contributed by atoms with Gasteiger partial charge >= 0.3 is 0 Å². The Bertz CT molecular complexity index is 1060. The Morgan fingerprint density at radius 2 is 2.00 bits per heavy atom. The molecule has 1 aromatic carbocycles. The number of nitrogens with zero attached hydrogens (tertiary/aromatic N) is 2. The highest BCUT2D eigenvalue weighted by Crippen LogP contribution is 2.42. The van der Waals surface area contributed by atoms with E-state index in [2.05, 4.69) is 27.7 Å². The van der Waals surface area contributed by atoms with Crippen LogP contribution in [0.5, 0.6) is 0 Å². The van der Waals surface area contributed by atoms with E-state index in [1.807, 2.05) is 34.9 Å². The molecule has 0 N–H and O–H groups in total. The van der Waals surface area contributed by atoms with Crippen LogP contribution in [-0.2, 0) is 12.8 Å². The summed E-state index contributed by atoms with van der Waals surface area (Å²) in [7, 11) is 0. The summed E-state index contributed by atoms with van der Waals surface area (Å²) in [4.78, 5) is 21.0. The molecular weight excluding hydrogens is 396 g/mol. The van der Waals surface area contributed by atoms with Crippen LogP contribution in [0.1, 0.15) is 57.4 Å². The topological polar surface area (TPSA) is 34.9 Å². The second-order valence-electron chi connectivity index (χ2n) is 9.06. The summed E-state index contributed by atoms with van der Waals surface area (Å²) >= 11 is 3.46. The lowest BCUT2D eigenvalue weighted by Crippen LogP contribution is -2.27. The number of unbranched alkanes of at least 4 members (excludes halogenated alkanes) is 1. The molecule has 0 spiro atoms. The Hall–Kier alpha value is -1.59. The van der Waals surface area contributed by atoms with Gasteiger partial charge in [-0.1, -0.05) is 64.1 Å². The summed E-state index contributed by atoms with van der Waals surface area (Å²) in [5.41, 5.74) is 2.58. The molecule has 0 amide bonds. The molecule has 3 nitrogen and oxygen atoms in total. The minimum Gasteiger partial charge on any atom is -0.268 e. The Kier molecular flexibility index (Phi) is 5.90. The number of thiophene rings is 1. The van der Waals surface area contributed by atoms with E-state index >= 15 is 0 Å². The van der Waals surface area contributed by atoms with E-state index in [0.29, 0.717) is 11.3 Å². The maximum absolute atomic E-state index is 13.7. The van der Waals surface area contributed by atoms with Crippen molar-refractivity contribution >= 4 is 33.3 Å². The number of hydrogen-bond acceptors (Lipinski definition) is 4. The predicted octanol–water partition coefficient (Wildman–Crippen LogP) is 6.49. The third-order valence-electron chi connectivity index (χ3n) is 6.02. The Balaban J connectivity index is 1.86. The van der Waals surface area contributed by atoms with Crippen molar-refractivity contribution in [3.63, 3.8) is 0 Å². The number of para-hydroxylation sites is 1. The van der Waals surface area contributed by atoms with Gasteiger partial charge in [0.25, 0.3) is 5.56 Å². The predicted molar refractivity (Wildman–Crippen MR) is 126 cm³/mol. The molecule has 1 atom stereocenters. The fourth-order valence-electron chi connectivity index (χ4n) is 4.15. The van der Waals surface area contributed by atoms with Crippen molar-refractivity contribution in [2.24, 2.45) is 11.3 Å². The van der Waals surface area contributed by atoms with Crippen LogP contribution in [0.3, 0.4) is 0 Å². The van der Waals surface area contributed by atoms with Gasteiger partial charge in [-0.05, 0) is 54.7 Å². The number of benzene rings is 1. The van der Waals surface area contributed by atoms with Crippen LogP contribution in [0.25, 0.3) is 15.9 Å². The maximum Gasteiger partial charge on any atom is 0.267 e. The average molecular weight is 427 g/mol. The zero-order valence-corrected chi connectivity index (χ0v) is 19.5. The minimum absolute atomic E-state index is 0.104. The zero-order valence-electron chi connectivity index (χ0n) is 17.8. The molecule has 2 heterocycles. The van der Waals surface area contributed by atoms with E-state index in [0.717, 1.165) is 58.9 Å². The maximum atomic E-state index is 13.7. The Morgan fingerprint density at radius 3 is 2.69 bits per heavy atom. The molecule has 4 rings (SSSR count). The van der Waals surface area contributed by atoms with Crippen molar-refractivity contribution in [2.75, 3.05) is 5.75 Å². The number of hydrogen-bond donors (Lipinski definition) is 0. The van der Waals surface area contributed by atoms with Crippen molar-refractivity contribution in [2.45, 2.75) is 65.0 Å². The standard InChI is InChI=1S/C24H30N2OS2/c1-5-6-14-28-23-25-21-20(22(27)26(23)17-10-8-7-9-11-17)18-13-12-16(24(2,3)4)15-19(18)29-21/h7-11,16H,5-6,12-15H2,1-4H3. The molecule has 154 valence electrons. The third-order valence-corrected chi connectivity index (χ3v) is 8.19. The van der Waals surface area contributed by atoms with Gasteiger partial charge < -0.3 is 0 Å². The first-order chi connectivity index (χ1) is 13.9. The van der Waals surface area contributed by atoms with Crippen molar-refractivity contribution in [1.29, 1.82) is 0 Å². The van der Waals surface area contributed by atoms with Crippen LogP contribution >= 0.6 is 23.1 Å². The van der Waals surface area contributed by atoms with Crippen molar-refractivity contribution in [3.05, 3.63) is 51.1 Å². The number of rotatable bonds is 5. The molecule has 5 heteroatoms. The van der Waals surface area contributed by atoms with Crippen LogP contribution in [0.4, 0.5) is 0 Å². The second-order valence-corrected chi connectivity index (χ2v) is 11.2. The van der Waals surface area contributed by atoms with E-state index in [4.69, 9.17) is 4.98 Å². The van der Waals surface area contributed by atoms with Gasteiger partial charge in [0, 0.05) is 10.6 Å². The van der Waals surface area contributed by atoms with Crippen molar-refractivity contribution < 1.29 is 0 Å². The third kappa shape index (κ3) is 4.04. The molecule has 1 aliphatic carbocycles. The van der Waals surface area contributed by atoms with Gasteiger partial charge in [-0.2, -0.15) is 0 Å². The number of aryl methyl sites for hydroxylation is 1. The van der Waals surface area contributed by atoms with Crippen LogP contribution in [0.2, 0.25) is 0 Å². The second kappa shape index (κ2) is 8.27. The summed E-state index contributed by atoms with van der Waals surface area (Å²) in [5.74, 6) is 1.65.